The molecule has 1 aliphatic heterocycles. The monoisotopic (exact) mass is 455 g/mol. The van der Waals surface area contributed by atoms with Gasteiger partial charge in [-0.3, -0.25) is 4.98 Å². The molecule has 174 valence electrons. The van der Waals surface area contributed by atoms with Crippen molar-refractivity contribution in [3.63, 3.8) is 0 Å². The summed E-state index contributed by atoms with van der Waals surface area (Å²) in [5, 5.41) is 2.96. The molecule has 2 aliphatic rings. The van der Waals surface area contributed by atoms with Gasteiger partial charge in [0, 0.05) is 31.7 Å². The van der Waals surface area contributed by atoms with Crippen LogP contribution in [0.1, 0.15) is 48.8 Å². The maximum atomic E-state index is 12.7. The number of pyridine rings is 1. The highest BCUT2D eigenvalue weighted by Crippen LogP contribution is 2.39. The van der Waals surface area contributed by atoms with Crippen LogP contribution < -0.4 is 10.1 Å². The topological polar surface area (TPSA) is 80.2 Å². The standard InChI is InChI=1S/C27H29N5O2/c1-18-10-24(16-28-13-18)31-27(33)32-9-8-22(19(2)17-32)11-20-4-3-5-25(12-20)34-26-29-14-23(15-30-26)21-6-7-21/h3-5,10-16,19,21H,6-9,17H2,1-2H3,(H,31,33)/b22-11+. The summed E-state index contributed by atoms with van der Waals surface area (Å²) in [5.74, 6) is 1.60. The molecule has 1 atom stereocenters. The van der Waals surface area contributed by atoms with Crippen molar-refractivity contribution in [2.24, 2.45) is 5.92 Å². The second kappa shape index (κ2) is 9.63. The number of aryl methyl sites for hydroxylation is 1. The van der Waals surface area contributed by atoms with E-state index in [1.165, 1.54) is 24.0 Å². The number of nitrogens with one attached hydrogen (secondary N) is 1. The molecule has 1 N–H and O–H groups in total. The lowest BCUT2D eigenvalue weighted by Gasteiger charge is -2.33. The fourth-order valence-electron chi connectivity index (χ4n) is 4.27. The number of ether oxygens (including phenoxy) is 1. The first kappa shape index (κ1) is 22.1. The van der Waals surface area contributed by atoms with E-state index in [9.17, 15) is 4.79 Å². The molecule has 1 saturated carbocycles. The van der Waals surface area contributed by atoms with Crippen LogP contribution in [0.4, 0.5) is 10.5 Å². The SMILES string of the molecule is Cc1cncc(NC(=O)N2CC/C(=C\c3cccc(Oc4ncc(C5CC5)cn4)c3)C(C)C2)c1. The number of anilines is 1. The third-order valence-electron chi connectivity index (χ3n) is 6.33. The molecule has 2 fully saturated rings. The maximum absolute atomic E-state index is 12.7. The zero-order valence-corrected chi connectivity index (χ0v) is 19.6. The highest BCUT2D eigenvalue weighted by Gasteiger charge is 2.25. The van der Waals surface area contributed by atoms with Gasteiger partial charge in [0.15, 0.2) is 0 Å². The Labute approximate surface area is 199 Å². The molecule has 7 nitrogen and oxygen atoms in total. The molecule has 2 aromatic heterocycles. The Morgan fingerprint density at radius 2 is 1.97 bits per heavy atom. The lowest BCUT2D eigenvalue weighted by Crippen LogP contribution is -2.42. The molecule has 0 spiro atoms. The summed E-state index contributed by atoms with van der Waals surface area (Å²) >= 11 is 0. The lowest BCUT2D eigenvalue weighted by molar-refractivity contribution is 0.198. The first-order valence-corrected chi connectivity index (χ1v) is 11.8. The third kappa shape index (κ3) is 5.42. The highest BCUT2D eigenvalue weighted by atomic mass is 16.5. The average Bonchev–Trinajstić information content (AvgIpc) is 3.67. The average molecular weight is 456 g/mol. The number of carbonyl (C=O) groups excluding carboxylic acids is 1. The molecule has 1 aromatic carbocycles. The fourth-order valence-corrected chi connectivity index (χ4v) is 4.27. The van der Waals surface area contributed by atoms with E-state index in [2.05, 4.69) is 39.3 Å². The number of aromatic nitrogens is 3. The lowest BCUT2D eigenvalue weighted by atomic mass is 9.91. The van der Waals surface area contributed by atoms with Gasteiger partial charge < -0.3 is 15.0 Å². The molecule has 2 amide bonds. The molecule has 34 heavy (non-hydrogen) atoms. The Kier molecular flexibility index (Phi) is 6.25. The van der Waals surface area contributed by atoms with Crippen LogP contribution in [0.3, 0.4) is 0 Å². The van der Waals surface area contributed by atoms with E-state index in [0.29, 0.717) is 30.8 Å². The summed E-state index contributed by atoms with van der Waals surface area (Å²) in [6, 6.07) is 10.2. The molecule has 3 aromatic rings. The molecule has 3 heterocycles. The normalized spacial score (nSPS) is 19.2. The van der Waals surface area contributed by atoms with Gasteiger partial charge in [-0.05, 0) is 72.9 Å². The molecule has 1 aliphatic carbocycles. The van der Waals surface area contributed by atoms with E-state index < -0.39 is 0 Å². The number of carbonyl (C=O) groups is 1. The summed E-state index contributed by atoms with van der Waals surface area (Å²) in [5.41, 5.74) is 5.32. The van der Waals surface area contributed by atoms with Crippen molar-refractivity contribution in [2.75, 3.05) is 18.4 Å². The predicted octanol–water partition coefficient (Wildman–Crippen LogP) is 5.81. The number of nitrogens with zero attached hydrogens (tertiary/aromatic N) is 4. The van der Waals surface area contributed by atoms with Gasteiger partial charge in [0.1, 0.15) is 5.75 Å². The number of likely N-dealkylation sites (tertiary alicyclic amines) is 1. The Balaban J connectivity index is 1.20. The summed E-state index contributed by atoms with van der Waals surface area (Å²) in [6.45, 7) is 5.47. The summed E-state index contributed by atoms with van der Waals surface area (Å²) in [6.07, 6.45) is 12.7. The van der Waals surface area contributed by atoms with Crippen LogP contribution >= 0.6 is 0 Å². The molecule has 1 saturated heterocycles. The second-order valence-electron chi connectivity index (χ2n) is 9.25. The van der Waals surface area contributed by atoms with E-state index >= 15 is 0 Å². The molecule has 1 unspecified atom stereocenters. The van der Waals surface area contributed by atoms with Crippen LogP contribution in [0.5, 0.6) is 11.8 Å². The predicted molar refractivity (Wildman–Crippen MR) is 132 cm³/mol. The Bertz CT molecular complexity index is 1200. The van der Waals surface area contributed by atoms with Gasteiger partial charge >= 0.3 is 12.0 Å². The summed E-state index contributed by atoms with van der Waals surface area (Å²) in [7, 11) is 0. The zero-order valence-electron chi connectivity index (χ0n) is 19.6. The quantitative estimate of drug-likeness (QED) is 0.525. The largest absolute Gasteiger partial charge is 0.424 e. The van der Waals surface area contributed by atoms with Crippen LogP contribution in [0.15, 0.2) is 60.7 Å². The van der Waals surface area contributed by atoms with Crippen LogP contribution in [-0.4, -0.2) is 39.0 Å². The minimum atomic E-state index is -0.0820. The summed E-state index contributed by atoms with van der Waals surface area (Å²) < 4.78 is 5.89. The first-order chi connectivity index (χ1) is 16.5. The van der Waals surface area contributed by atoms with Crippen molar-refractivity contribution >= 4 is 17.8 Å². The Morgan fingerprint density at radius 1 is 1.15 bits per heavy atom. The minimum Gasteiger partial charge on any atom is -0.424 e. The minimum absolute atomic E-state index is 0.0820. The Morgan fingerprint density at radius 3 is 2.71 bits per heavy atom. The van der Waals surface area contributed by atoms with Crippen molar-refractivity contribution in [3.8, 4) is 11.8 Å². The molecule has 0 bridgehead atoms. The number of rotatable bonds is 5. The smallest absolute Gasteiger partial charge is 0.321 e. The van der Waals surface area contributed by atoms with E-state index in [1.807, 2.05) is 48.5 Å². The number of urea groups is 1. The van der Waals surface area contributed by atoms with E-state index in [4.69, 9.17) is 4.74 Å². The molecule has 7 heteroatoms. The van der Waals surface area contributed by atoms with Gasteiger partial charge in [-0.2, -0.15) is 0 Å². The molecular formula is C27H29N5O2. The van der Waals surface area contributed by atoms with Crippen LogP contribution in [0.2, 0.25) is 0 Å². The van der Waals surface area contributed by atoms with Crippen molar-refractivity contribution < 1.29 is 9.53 Å². The third-order valence-corrected chi connectivity index (χ3v) is 6.33. The molecule has 5 rings (SSSR count). The van der Waals surface area contributed by atoms with Crippen molar-refractivity contribution in [2.45, 2.75) is 39.0 Å². The maximum Gasteiger partial charge on any atom is 0.321 e. The van der Waals surface area contributed by atoms with Gasteiger partial charge in [-0.25, -0.2) is 14.8 Å². The number of piperidine rings is 1. The first-order valence-electron chi connectivity index (χ1n) is 11.8. The molecular weight excluding hydrogens is 426 g/mol. The van der Waals surface area contributed by atoms with E-state index in [-0.39, 0.29) is 11.9 Å². The number of hydrogen-bond donors (Lipinski definition) is 1. The van der Waals surface area contributed by atoms with Crippen LogP contribution in [0.25, 0.3) is 6.08 Å². The number of amides is 2. The van der Waals surface area contributed by atoms with Crippen molar-refractivity contribution in [1.82, 2.24) is 19.9 Å². The Hall–Kier alpha value is -3.74. The van der Waals surface area contributed by atoms with Gasteiger partial charge in [0.25, 0.3) is 0 Å². The van der Waals surface area contributed by atoms with Crippen molar-refractivity contribution in [1.29, 1.82) is 0 Å². The highest BCUT2D eigenvalue weighted by molar-refractivity contribution is 5.89. The summed E-state index contributed by atoms with van der Waals surface area (Å²) in [4.78, 5) is 27.4. The number of hydrogen-bond acceptors (Lipinski definition) is 5. The zero-order chi connectivity index (χ0) is 23.5. The van der Waals surface area contributed by atoms with Crippen LogP contribution in [0, 0.1) is 12.8 Å². The van der Waals surface area contributed by atoms with Crippen LogP contribution in [-0.2, 0) is 0 Å². The van der Waals surface area contributed by atoms with E-state index in [1.54, 1.807) is 12.4 Å². The van der Waals surface area contributed by atoms with Gasteiger partial charge in [-0.15, -0.1) is 0 Å². The number of benzene rings is 1. The fraction of sp³-hybridized carbons (Fsp3) is 0.333. The van der Waals surface area contributed by atoms with Gasteiger partial charge in [0.05, 0.1) is 11.9 Å². The van der Waals surface area contributed by atoms with Gasteiger partial charge in [0.2, 0.25) is 0 Å². The van der Waals surface area contributed by atoms with Gasteiger partial charge in [-0.1, -0.05) is 30.7 Å². The van der Waals surface area contributed by atoms with E-state index in [0.717, 1.165) is 23.2 Å². The molecule has 0 radical (unpaired) electrons. The second-order valence-corrected chi connectivity index (χ2v) is 9.25. The van der Waals surface area contributed by atoms with Crippen molar-refractivity contribution in [3.05, 3.63) is 77.4 Å².